The van der Waals surface area contributed by atoms with Gasteiger partial charge >= 0.3 is 0 Å². The zero-order valence-electron chi connectivity index (χ0n) is 10.4. The van der Waals surface area contributed by atoms with Crippen molar-refractivity contribution in [3.63, 3.8) is 0 Å². The standard InChI is InChI=1S/C14H10Br2F3N/c1-20-14(7-2-8(15)4-9(16)3-7)13-11(18)5-10(17)6-12(13)19/h2-6,14,20H,1H3. The molecule has 0 saturated heterocycles. The monoisotopic (exact) mass is 407 g/mol. The summed E-state index contributed by atoms with van der Waals surface area (Å²) in [7, 11) is 1.59. The van der Waals surface area contributed by atoms with Crippen LogP contribution in [0.2, 0.25) is 0 Å². The molecule has 0 amide bonds. The highest BCUT2D eigenvalue weighted by molar-refractivity contribution is 9.11. The van der Waals surface area contributed by atoms with Crippen LogP contribution in [-0.2, 0) is 0 Å². The number of rotatable bonds is 3. The van der Waals surface area contributed by atoms with E-state index in [2.05, 4.69) is 37.2 Å². The van der Waals surface area contributed by atoms with Gasteiger partial charge in [0.1, 0.15) is 17.5 Å². The Bertz CT molecular complexity index is 603. The Kier molecular flexibility index (Phi) is 4.88. The normalized spacial score (nSPS) is 12.5. The van der Waals surface area contributed by atoms with E-state index in [9.17, 15) is 13.2 Å². The van der Waals surface area contributed by atoms with Gasteiger partial charge in [-0.25, -0.2) is 13.2 Å². The topological polar surface area (TPSA) is 12.0 Å². The van der Waals surface area contributed by atoms with Crippen LogP contribution in [0, 0.1) is 17.5 Å². The molecule has 0 heterocycles. The Labute approximate surface area is 131 Å². The molecule has 1 unspecified atom stereocenters. The summed E-state index contributed by atoms with van der Waals surface area (Å²) in [5.74, 6) is -2.77. The van der Waals surface area contributed by atoms with Crippen LogP contribution in [0.25, 0.3) is 0 Å². The second kappa shape index (κ2) is 6.28. The summed E-state index contributed by atoms with van der Waals surface area (Å²) < 4.78 is 42.3. The number of halogens is 5. The van der Waals surface area contributed by atoms with Gasteiger partial charge in [0.15, 0.2) is 0 Å². The summed E-state index contributed by atoms with van der Waals surface area (Å²) in [5.41, 5.74) is 0.442. The molecule has 2 aromatic rings. The molecule has 0 radical (unpaired) electrons. The molecule has 1 atom stereocenters. The third kappa shape index (κ3) is 3.24. The minimum absolute atomic E-state index is 0.209. The molecular formula is C14H10Br2F3N. The SMILES string of the molecule is CNC(c1cc(Br)cc(Br)c1)c1c(F)cc(F)cc1F. The average Bonchev–Trinajstić information content (AvgIpc) is 2.32. The van der Waals surface area contributed by atoms with Crippen LogP contribution < -0.4 is 5.32 Å². The molecule has 106 valence electrons. The number of hydrogen-bond donors (Lipinski definition) is 1. The van der Waals surface area contributed by atoms with Gasteiger partial charge in [0.2, 0.25) is 0 Å². The molecule has 1 nitrogen and oxygen atoms in total. The molecule has 20 heavy (non-hydrogen) atoms. The van der Waals surface area contributed by atoms with Gasteiger partial charge in [0.05, 0.1) is 6.04 Å². The molecule has 0 aromatic heterocycles. The molecule has 0 spiro atoms. The average molecular weight is 409 g/mol. The van der Waals surface area contributed by atoms with Gasteiger partial charge in [0.25, 0.3) is 0 Å². The lowest BCUT2D eigenvalue weighted by molar-refractivity contribution is 0.500. The van der Waals surface area contributed by atoms with Crippen molar-refractivity contribution in [2.24, 2.45) is 0 Å². The van der Waals surface area contributed by atoms with E-state index in [0.717, 1.165) is 8.95 Å². The smallest absolute Gasteiger partial charge is 0.134 e. The summed E-state index contributed by atoms with van der Waals surface area (Å²) in [6, 6.07) is 5.94. The highest BCUT2D eigenvalue weighted by Crippen LogP contribution is 2.31. The summed E-state index contributed by atoms with van der Waals surface area (Å²) in [4.78, 5) is 0. The Morgan fingerprint density at radius 1 is 0.900 bits per heavy atom. The van der Waals surface area contributed by atoms with Crippen LogP contribution in [0.15, 0.2) is 39.3 Å². The quantitative estimate of drug-likeness (QED) is 0.758. The summed E-state index contributed by atoms with van der Waals surface area (Å²) in [6.45, 7) is 0. The van der Waals surface area contributed by atoms with Gasteiger partial charge in [-0.15, -0.1) is 0 Å². The van der Waals surface area contributed by atoms with Crippen molar-refractivity contribution in [1.82, 2.24) is 5.32 Å². The van der Waals surface area contributed by atoms with Crippen molar-refractivity contribution in [2.75, 3.05) is 7.05 Å². The molecule has 0 bridgehead atoms. The zero-order valence-corrected chi connectivity index (χ0v) is 13.5. The first-order chi connectivity index (χ1) is 9.42. The predicted molar refractivity (Wildman–Crippen MR) is 79.1 cm³/mol. The second-order valence-corrected chi connectivity index (χ2v) is 6.04. The predicted octanol–water partition coefficient (Wildman–Crippen LogP) is 4.94. The third-order valence-electron chi connectivity index (χ3n) is 2.84. The maximum Gasteiger partial charge on any atom is 0.134 e. The van der Waals surface area contributed by atoms with Crippen LogP contribution in [-0.4, -0.2) is 7.05 Å². The fourth-order valence-corrected chi connectivity index (χ4v) is 3.38. The largest absolute Gasteiger partial charge is 0.309 e. The van der Waals surface area contributed by atoms with E-state index in [0.29, 0.717) is 17.7 Å². The first-order valence-electron chi connectivity index (χ1n) is 5.70. The van der Waals surface area contributed by atoms with Crippen LogP contribution >= 0.6 is 31.9 Å². The summed E-state index contributed by atoms with van der Waals surface area (Å²) >= 11 is 6.65. The third-order valence-corrected chi connectivity index (χ3v) is 3.76. The summed E-state index contributed by atoms with van der Waals surface area (Å²) in [5, 5.41) is 2.85. The van der Waals surface area contributed by atoms with Crippen molar-refractivity contribution in [3.05, 3.63) is 67.9 Å². The van der Waals surface area contributed by atoms with E-state index in [1.165, 1.54) is 0 Å². The lowest BCUT2D eigenvalue weighted by Crippen LogP contribution is -2.20. The van der Waals surface area contributed by atoms with Crippen LogP contribution in [0.5, 0.6) is 0 Å². The minimum atomic E-state index is -0.936. The Hall–Kier alpha value is -0.850. The maximum atomic E-state index is 13.9. The maximum absolute atomic E-state index is 13.9. The van der Waals surface area contributed by atoms with E-state index < -0.39 is 23.5 Å². The first-order valence-corrected chi connectivity index (χ1v) is 7.28. The van der Waals surface area contributed by atoms with Crippen molar-refractivity contribution < 1.29 is 13.2 Å². The van der Waals surface area contributed by atoms with Crippen molar-refractivity contribution >= 4 is 31.9 Å². The molecule has 0 aliphatic heterocycles. The van der Waals surface area contributed by atoms with Crippen LogP contribution in [0.1, 0.15) is 17.2 Å². The summed E-state index contributed by atoms with van der Waals surface area (Å²) in [6.07, 6.45) is 0. The van der Waals surface area contributed by atoms with Gasteiger partial charge in [-0.1, -0.05) is 31.9 Å². The van der Waals surface area contributed by atoms with Crippen LogP contribution in [0.4, 0.5) is 13.2 Å². The van der Waals surface area contributed by atoms with Crippen LogP contribution in [0.3, 0.4) is 0 Å². The molecule has 0 saturated carbocycles. The van der Waals surface area contributed by atoms with Crippen molar-refractivity contribution in [3.8, 4) is 0 Å². The Morgan fingerprint density at radius 2 is 1.40 bits per heavy atom. The fourth-order valence-electron chi connectivity index (χ4n) is 2.05. The van der Waals surface area contributed by atoms with E-state index in [1.54, 1.807) is 19.2 Å². The fraction of sp³-hybridized carbons (Fsp3) is 0.143. The minimum Gasteiger partial charge on any atom is -0.309 e. The Balaban J connectivity index is 2.58. The molecule has 0 aliphatic rings. The number of benzene rings is 2. The van der Waals surface area contributed by atoms with Gasteiger partial charge in [-0.2, -0.15) is 0 Å². The highest BCUT2D eigenvalue weighted by atomic mass is 79.9. The van der Waals surface area contributed by atoms with Gasteiger partial charge < -0.3 is 5.32 Å². The molecule has 0 aliphatic carbocycles. The van der Waals surface area contributed by atoms with E-state index in [4.69, 9.17) is 0 Å². The number of nitrogens with one attached hydrogen (secondary N) is 1. The highest BCUT2D eigenvalue weighted by Gasteiger charge is 2.22. The zero-order chi connectivity index (χ0) is 14.9. The molecule has 2 rings (SSSR count). The second-order valence-electron chi connectivity index (χ2n) is 4.21. The van der Waals surface area contributed by atoms with Crippen molar-refractivity contribution in [1.29, 1.82) is 0 Å². The van der Waals surface area contributed by atoms with Gasteiger partial charge in [0, 0.05) is 26.6 Å². The Morgan fingerprint density at radius 3 is 1.85 bits per heavy atom. The lowest BCUT2D eigenvalue weighted by Gasteiger charge is -2.19. The molecule has 0 fully saturated rings. The van der Waals surface area contributed by atoms with E-state index >= 15 is 0 Å². The van der Waals surface area contributed by atoms with Gasteiger partial charge in [-0.05, 0) is 30.8 Å². The van der Waals surface area contributed by atoms with Crippen molar-refractivity contribution in [2.45, 2.75) is 6.04 Å². The van der Waals surface area contributed by atoms with E-state index in [1.807, 2.05) is 6.07 Å². The van der Waals surface area contributed by atoms with E-state index in [-0.39, 0.29) is 5.56 Å². The first kappa shape index (κ1) is 15.5. The molecule has 1 N–H and O–H groups in total. The molecule has 2 aromatic carbocycles. The molecule has 6 heteroatoms. The lowest BCUT2D eigenvalue weighted by atomic mass is 9.98. The van der Waals surface area contributed by atoms with Gasteiger partial charge in [-0.3, -0.25) is 0 Å². The number of hydrogen-bond acceptors (Lipinski definition) is 1. The molecular weight excluding hydrogens is 399 g/mol.